The minimum Gasteiger partial charge on any atom is -0.508 e. The lowest BCUT2D eigenvalue weighted by Gasteiger charge is -2.41. The second-order valence-electron chi connectivity index (χ2n) is 6.53. The number of methoxy groups -OCH3 is 3. The van der Waals surface area contributed by atoms with E-state index in [0.29, 0.717) is 30.9 Å². The summed E-state index contributed by atoms with van der Waals surface area (Å²) in [5.74, 6) is 1.47. The molecule has 0 fully saturated rings. The number of carbonyl (C=O) groups excluding carboxylic acids is 1. The molecule has 6 nitrogen and oxygen atoms in total. The number of benzene rings is 2. The summed E-state index contributed by atoms with van der Waals surface area (Å²) in [6.45, 7) is 0.590. The maximum atomic E-state index is 12.3. The molecule has 136 valence electrons. The molecule has 0 saturated carbocycles. The fourth-order valence-corrected chi connectivity index (χ4v) is 4.20. The zero-order valence-corrected chi connectivity index (χ0v) is 15.0. The van der Waals surface area contributed by atoms with E-state index >= 15 is 0 Å². The first-order valence-electron chi connectivity index (χ1n) is 8.53. The van der Waals surface area contributed by atoms with E-state index in [-0.39, 0.29) is 17.9 Å². The largest absolute Gasteiger partial charge is 0.508 e. The summed E-state index contributed by atoms with van der Waals surface area (Å²) in [4.78, 5) is 14.1. The minimum atomic E-state index is -0.330. The third-order valence-corrected chi connectivity index (χ3v) is 5.31. The number of hydrogen-bond acceptors (Lipinski definition) is 5. The minimum absolute atomic E-state index is 0.127. The molecule has 1 atom stereocenters. The summed E-state index contributed by atoms with van der Waals surface area (Å²) in [7, 11) is 4.63. The highest BCUT2D eigenvalue weighted by Gasteiger charge is 2.39. The molecule has 0 saturated heterocycles. The molecule has 1 N–H and O–H groups in total. The van der Waals surface area contributed by atoms with Gasteiger partial charge in [0.25, 0.3) is 0 Å². The van der Waals surface area contributed by atoms with Crippen LogP contribution in [0.15, 0.2) is 24.3 Å². The SMILES string of the molecule is COC(=O)N1CCc2cc(OC)c(OC)c3c2[C@@H]1Cc1ccc(O)cc1-3. The Morgan fingerprint density at radius 1 is 1.15 bits per heavy atom. The van der Waals surface area contributed by atoms with Gasteiger partial charge in [-0.15, -0.1) is 0 Å². The van der Waals surface area contributed by atoms with Gasteiger partial charge in [0.2, 0.25) is 0 Å². The molecule has 2 aliphatic rings. The second-order valence-corrected chi connectivity index (χ2v) is 6.53. The summed E-state index contributed by atoms with van der Waals surface area (Å²) >= 11 is 0. The van der Waals surface area contributed by atoms with Gasteiger partial charge in [0.1, 0.15) is 5.75 Å². The van der Waals surface area contributed by atoms with E-state index in [2.05, 4.69) is 0 Å². The summed E-state index contributed by atoms with van der Waals surface area (Å²) in [6.07, 6.45) is 1.05. The predicted molar refractivity (Wildman–Crippen MR) is 95.9 cm³/mol. The van der Waals surface area contributed by atoms with Gasteiger partial charge in [-0.1, -0.05) is 6.07 Å². The lowest BCUT2D eigenvalue weighted by molar-refractivity contribution is 0.100. The standard InChI is InChI=1S/C20H21NO5/c1-24-16-9-12-6-7-21(20(23)26-3)15-8-11-4-5-13(22)10-14(11)18(17(12)15)19(16)25-2/h4-5,9-10,15,22H,6-8H2,1-3H3/t15-/m0/s1. The number of phenolic OH excluding ortho intramolecular Hbond substituents is 1. The molecule has 0 aromatic heterocycles. The highest BCUT2D eigenvalue weighted by atomic mass is 16.5. The van der Waals surface area contributed by atoms with Crippen LogP contribution in [0.5, 0.6) is 17.2 Å². The Kier molecular flexibility index (Phi) is 3.90. The van der Waals surface area contributed by atoms with E-state index in [1.165, 1.54) is 7.11 Å². The Bertz CT molecular complexity index is 892. The maximum absolute atomic E-state index is 12.3. The van der Waals surface area contributed by atoms with Gasteiger partial charge in [0.15, 0.2) is 11.5 Å². The van der Waals surface area contributed by atoms with Crippen LogP contribution in [0, 0.1) is 0 Å². The van der Waals surface area contributed by atoms with Crippen LogP contribution in [0.2, 0.25) is 0 Å². The molecule has 1 heterocycles. The topological polar surface area (TPSA) is 68.2 Å². The summed E-state index contributed by atoms with van der Waals surface area (Å²) < 4.78 is 16.2. The van der Waals surface area contributed by atoms with E-state index in [4.69, 9.17) is 14.2 Å². The highest BCUT2D eigenvalue weighted by molar-refractivity contribution is 5.85. The molecule has 26 heavy (non-hydrogen) atoms. The third-order valence-electron chi connectivity index (χ3n) is 5.31. The number of rotatable bonds is 2. The summed E-state index contributed by atoms with van der Waals surface area (Å²) in [5, 5.41) is 10.0. The van der Waals surface area contributed by atoms with Crippen LogP contribution in [0.3, 0.4) is 0 Å². The lowest BCUT2D eigenvalue weighted by atomic mass is 9.76. The van der Waals surface area contributed by atoms with Crippen molar-refractivity contribution in [2.45, 2.75) is 18.9 Å². The fraction of sp³-hybridized carbons (Fsp3) is 0.350. The Labute approximate surface area is 151 Å². The number of nitrogens with zero attached hydrogens (tertiary/aromatic N) is 1. The van der Waals surface area contributed by atoms with Crippen molar-refractivity contribution >= 4 is 6.09 Å². The normalized spacial score (nSPS) is 17.2. The number of fused-ring (bicyclic) bond motifs is 2. The maximum Gasteiger partial charge on any atom is 0.410 e. The average Bonchev–Trinajstić information content (AvgIpc) is 2.67. The highest BCUT2D eigenvalue weighted by Crippen LogP contribution is 2.53. The number of phenols is 1. The molecule has 1 amide bonds. The molecule has 0 radical (unpaired) electrons. The van der Waals surface area contributed by atoms with Crippen LogP contribution in [-0.4, -0.2) is 44.0 Å². The van der Waals surface area contributed by atoms with Gasteiger partial charge in [0.05, 0.1) is 27.4 Å². The van der Waals surface area contributed by atoms with Crippen LogP contribution in [0.4, 0.5) is 4.79 Å². The first-order chi connectivity index (χ1) is 12.6. The molecular weight excluding hydrogens is 334 g/mol. The van der Waals surface area contributed by atoms with Gasteiger partial charge in [-0.3, -0.25) is 0 Å². The molecule has 1 aliphatic heterocycles. The number of carbonyl (C=O) groups is 1. The monoisotopic (exact) mass is 355 g/mol. The Balaban J connectivity index is 2.03. The van der Waals surface area contributed by atoms with E-state index in [1.54, 1.807) is 31.3 Å². The molecule has 0 unspecified atom stereocenters. The van der Waals surface area contributed by atoms with E-state index in [9.17, 15) is 9.90 Å². The number of hydrogen-bond donors (Lipinski definition) is 1. The first-order valence-corrected chi connectivity index (χ1v) is 8.53. The Hall–Kier alpha value is -2.89. The molecule has 2 aromatic rings. The third kappa shape index (κ3) is 2.29. The molecule has 4 rings (SSSR count). The Morgan fingerprint density at radius 2 is 1.96 bits per heavy atom. The number of amides is 1. The van der Waals surface area contributed by atoms with Crippen LogP contribution in [0.1, 0.15) is 22.7 Å². The molecule has 0 bridgehead atoms. The van der Waals surface area contributed by atoms with Crippen LogP contribution in [0.25, 0.3) is 11.1 Å². The van der Waals surface area contributed by atoms with Crippen molar-refractivity contribution < 1.29 is 24.1 Å². The Morgan fingerprint density at radius 3 is 2.65 bits per heavy atom. The van der Waals surface area contributed by atoms with Gasteiger partial charge < -0.3 is 24.2 Å². The average molecular weight is 355 g/mol. The van der Waals surface area contributed by atoms with Crippen molar-refractivity contribution in [2.24, 2.45) is 0 Å². The van der Waals surface area contributed by atoms with Crippen molar-refractivity contribution in [1.29, 1.82) is 0 Å². The van der Waals surface area contributed by atoms with Crippen LogP contribution < -0.4 is 9.47 Å². The van der Waals surface area contributed by atoms with Crippen molar-refractivity contribution in [3.8, 4) is 28.4 Å². The van der Waals surface area contributed by atoms with Crippen molar-refractivity contribution in [1.82, 2.24) is 4.90 Å². The molecule has 1 aliphatic carbocycles. The predicted octanol–water partition coefficient (Wildman–Crippen LogP) is 3.30. The van der Waals surface area contributed by atoms with E-state index in [1.807, 2.05) is 12.1 Å². The number of ether oxygens (including phenoxy) is 3. The van der Waals surface area contributed by atoms with Crippen LogP contribution >= 0.6 is 0 Å². The van der Waals surface area contributed by atoms with Crippen LogP contribution in [-0.2, 0) is 17.6 Å². The van der Waals surface area contributed by atoms with Gasteiger partial charge in [-0.25, -0.2) is 4.79 Å². The van der Waals surface area contributed by atoms with Crippen molar-refractivity contribution in [2.75, 3.05) is 27.9 Å². The molecule has 2 aromatic carbocycles. The smallest absolute Gasteiger partial charge is 0.410 e. The first kappa shape index (κ1) is 16.6. The molecule has 0 spiro atoms. The second kappa shape index (κ2) is 6.12. The number of aromatic hydroxyl groups is 1. The zero-order valence-electron chi connectivity index (χ0n) is 15.0. The van der Waals surface area contributed by atoms with Gasteiger partial charge in [-0.05, 0) is 53.3 Å². The molecular formula is C20H21NO5. The van der Waals surface area contributed by atoms with E-state index < -0.39 is 0 Å². The van der Waals surface area contributed by atoms with Gasteiger partial charge in [-0.2, -0.15) is 0 Å². The molecule has 6 heteroatoms. The van der Waals surface area contributed by atoms with Gasteiger partial charge in [0, 0.05) is 12.1 Å². The zero-order chi connectivity index (χ0) is 18.4. The summed E-state index contributed by atoms with van der Waals surface area (Å²) in [5.41, 5.74) is 5.04. The van der Waals surface area contributed by atoms with Gasteiger partial charge >= 0.3 is 6.09 Å². The van der Waals surface area contributed by atoms with Crippen molar-refractivity contribution in [3.63, 3.8) is 0 Å². The lowest BCUT2D eigenvalue weighted by Crippen LogP contribution is -2.42. The quantitative estimate of drug-likeness (QED) is 0.895. The van der Waals surface area contributed by atoms with Crippen molar-refractivity contribution in [3.05, 3.63) is 41.0 Å². The fourth-order valence-electron chi connectivity index (χ4n) is 4.20. The van der Waals surface area contributed by atoms with E-state index in [0.717, 1.165) is 27.8 Å². The summed E-state index contributed by atoms with van der Waals surface area (Å²) in [6, 6.07) is 7.18.